The third-order valence-electron chi connectivity index (χ3n) is 5.27. The molecule has 0 saturated carbocycles. The first-order valence-electron chi connectivity index (χ1n) is 8.86. The van der Waals surface area contributed by atoms with E-state index in [1.807, 2.05) is 12.1 Å². The average Bonchev–Trinajstić information content (AvgIpc) is 3.20. The molecular formula is C18H21N5O3. The van der Waals surface area contributed by atoms with E-state index in [1.54, 1.807) is 29.1 Å². The SMILES string of the molecule is Cc1noc(CC(=O)N2CCC[C@]3(CCN(c4cccnc4)C3=O)C2)n1. The van der Waals surface area contributed by atoms with E-state index < -0.39 is 5.41 Å². The molecule has 2 aliphatic heterocycles. The maximum atomic E-state index is 13.1. The number of piperidine rings is 1. The zero-order valence-corrected chi connectivity index (χ0v) is 14.7. The lowest BCUT2D eigenvalue weighted by atomic mass is 9.78. The minimum absolute atomic E-state index is 0.0691. The van der Waals surface area contributed by atoms with Crippen molar-refractivity contribution in [1.29, 1.82) is 0 Å². The molecule has 2 fully saturated rings. The monoisotopic (exact) mass is 355 g/mol. The number of pyridine rings is 1. The summed E-state index contributed by atoms with van der Waals surface area (Å²) in [6.45, 7) is 3.50. The van der Waals surface area contributed by atoms with Crippen molar-refractivity contribution in [1.82, 2.24) is 20.0 Å². The topological polar surface area (TPSA) is 92.4 Å². The highest BCUT2D eigenvalue weighted by atomic mass is 16.5. The summed E-state index contributed by atoms with van der Waals surface area (Å²) in [7, 11) is 0. The van der Waals surface area contributed by atoms with E-state index in [-0.39, 0.29) is 18.2 Å². The molecule has 1 atom stereocenters. The fourth-order valence-corrected chi connectivity index (χ4v) is 3.96. The highest BCUT2D eigenvalue weighted by Gasteiger charge is 2.50. The van der Waals surface area contributed by atoms with Gasteiger partial charge in [-0.2, -0.15) is 4.98 Å². The van der Waals surface area contributed by atoms with Crippen LogP contribution in [0.25, 0.3) is 0 Å². The fourth-order valence-electron chi connectivity index (χ4n) is 3.96. The van der Waals surface area contributed by atoms with E-state index in [0.717, 1.165) is 24.9 Å². The van der Waals surface area contributed by atoms with Crippen molar-refractivity contribution in [3.8, 4) is 0 Å². The molecule has 0 unspecified atom stereocenters. The number of hydrogen-bond acceptors (Lipinski definition) is 6. The Morgan fingerprint density at radius 2 is 2.23 bits per heavy atom. The number of hydrogen-bond donors (Lipinski definition) is 0. The second-order valence-corrected chi connectivity index (χ2v) is 7.03. The number of carbonyl (C=O) groups excluding carboxylic acids is 2. The Bertz CT molecular complexity index is 821. The zero-order chi connectivity index (χ0) is 18.1. The van der Waals surface area contributed by atoms with Gasteiger partial charge in [-0.05, 0) is 38.3 Å². The Balaban J connectivity index is 1.48. The van der Waals surface area contributed by atoms with Gasteiger partial charge in [0, 0.05) is 25.8 Å². The van der Waals surface area contributed by atoms with Crippen molar-refractivity contribution in [3.63, 3.8) is 0 Å². The van der Waals surface area contributed by atoms with Crippen molar-refractivity contribution in [3.05, 3.63) is 36.2 Å². The fraction of sp³-hybridized carbons (Fsp3) is 0.500. The van der Waals surface area contributed by atoms with Gasteiger partial charge in [-0.15, -0.1) is 0 Å². The first kappa shape index (κ1) is 16.7. The number of rotatable bonds is 3. The van der Waals surface area contributed by atoms with E-state index >= 15 is 0 Å². The number of nitrogens with zero attached hydrogens (tertiary/aromatic N) is 5. The lowest BCUT2D eigenvalue weighted by Crippen LogP contribution is -2.50. The van der Waals surface area contributed by atoms with E-state index in [2.05, 4.69) is 15.1 Å². The minimum atomic E-state index is -0.492. The number of aryl methyl sites for hydroxylation is 1. The second-order valence-electron chi connectivity index (χ2n) is 7.03. The van der Waals surface area contributed by atoms with E-state index in [9.17, 15) is 9.59 Å². The van der Waals surface area contributed by atoms with Crippen LogP contribution in [0, 0.1) is 12.3 Å². The molecule has 0 radical (unpaired) electrons. The first-order valence-corrected chi connectivity index (χ1v) is 8.86. The molecule has 136 valence electrons. The van der Waals surface area contributed by atoms with Crippen molar-refractivity contribution in [2.75, 3.05) is 24.5 Å². The van der Waals surface area contributed by atoms with Gasteiger partial charge in [-0.25, -0.2) is 0 Å². The van der Waals surface area contributed by atoms with Crippen LogP contribution in [0.15, 0.2) is 29.0 Å². The Labute approximate surface area is 151 Å². The average molecular weight is 355 g/mol. The molecule has 8 heteroatoms. The molecular weight excluding hydrogens is 334 g/mol. The molecule has 0 bridgehead atoms. The molecule has 2 aliphatic rings. The third kappa shape index (κ3) is 2.95. The quantitative estimate of drug-likeness (QED) is 0.825. The summed E-state index contributed by atoms with van der Waals surface area (Å²) in [5.74, 6) is 0.861. The normalized spacial score (nSPS) is 23.0. The summed E-state index contributed by atoms with van der Waals surface area (Å²) in [6, 6.07) is 3.73. The van der Waals surface area contributed by atoms with Crippen LogP contribution in [0.1, 0.15) is 31.0 Å². The minimum Gasteiger partial charge on any atom is -0.341 e. The predicted molar refractivity (Wildman–Crippen MR) is 92.2 cm³/mol. The molecule has 2 aromatic rings. The smallest absolute Gasteiger partial charge is 0.236 e. The maximum Gasteiger partial charge on any atom is 0.236 e. The molecule has 2 aromatic heterocycles. The molecule has 26 heavy (non-hydrogen) atoms. The standard InChI is InChI=1S/C18H21N5O3/c1-13-20-15(26-21-13)10-16(24)22-8-3-5-18(12-22)6-9-23(17(18)25)14-4-2-7-19-11-14/h2,4,7,11H,3,5-6,8-10,12H2,1H3/t18-/m0/s1. The van der Waals surface area contributed by atoms with Crippen LogP contribution in [-0.4, -0.2) is 51.5 Å². The van der Waals surface area contributed by atoms with E-state index in [1.165, 1.54) is 0 Å². The predicted octanol–water partition coefficient (Wildman–Crippen LogP) is 1.36. The van der Waals surface area contributed by atoms with E-state index in [4.69, 9.17) is 4.52 Å². The van der Waals surface area contributed by atoms with Crippen LogP contribution in [0.5, 0.6) is 0 Å². The molecule has 2 amide bonds. The Kier molecular flexibility index (Phi) is 4.18. The second kappa shape index (κ2) is 6.51. The van der Waals surface area contributed by atoms with Crippen molar-refractivity contribution >= 4 is 17.5 Å². The van der Waals surface area contributed by atoms with Crippen LogP contribution in [0.2, 0.25) is 0 Å². The zero-order valence-electron chi connectivity index (χ0n) is 14.7. The highest BCUT2D eigenvalue weighted by molar-refractivity contribution is 6.00. The van der Waals surface area contributed by atoms with Gasteiger partial charge in [-0.3, -0.25) is 14.6 Å². The Hall–Kier alpha value is -2.77. The van der Waals surface area contributed by atoms with Gasteiger partial charge < -0.3 is 14.3 Å². The molecule has 4 rings (SSSR count). The molecule has 0 aromatic carbocycles. The molecule has 0 aliphatic carbocycles. The van der Waals surface area contributed by atoms with Gasteiger partial charge in [0.25, 0.3) is 0 Å². The maximum absolute atomic E-state index is 13.1. The van der Waals surface area contributed by atoms with Crippen molar-refractivity contribution in [2.24, 2.45) is 5.41 Å². The summed E-state index contributed by atoms with van der Waals surface area (Å²) >= 11 is 0. The summed E-state index contributed by atoms with van der Waals surface area (Å²) < 4.78 is 5.05. The van der Waals surface area contributed by atoms with Crippen LogP contribution in [0.4, 0.5) is 5.69 Å². The molecule has 4 heterocycles. The van der Waals surface area contributed by atoms with Gasteiger partial charge >= 0.3 is 0 Å². The van der Waals surface area contributed by atoms with Gasteiger partial charge in [0.1, 0.15) is 6.42 Å². The summed E-state index contributed by atoms with van der Waals surface area (Å²) in [6.07, 6.45) is 5.87. The Morgan fingerprint density at radius 1 is 1.35 bits per heavy atom. The molecule has 2 saturated heterocycles. The Morgan fingerprint density at radius 3 is 2.96 bits per heavy atom. The molecule has 8 nitrogen and oxygen atoms in total. The lowest BCUT2D eigenvalue weighted by molar-refractivity contribution is -0.138. The van der Waals surface area contributed by atoms with Crippen molar-refractivity contribution < 1.29 is 14.1 Å². The van der Waals surface area contributed by atoms with Crippen LogP contribution < -0.4 is 4.90 Å². The highest BCUT2D eigenvalue weighted by Crippen LogP contribution is 2.41. The lowest BCUT2D eigenvalue weighted by Gasteiger charge is -2.38. The summed E-state index contributed by atoms with van der Waals surface area (Å²) in [4.78, 5) is 37.5. The number of amides is 2. The van der Waals surface area contributed by atoms with Crippen molar-refractivity contribution in [2.45, 2.75) is 32.6 Å². The van der Waals surface area contributed by atoms with E-state index in [0.29, 0.717) is 31.3 Å². The summed E-state index contributed by atoms with van der Waals surface area (Å²) in [5, 5.41) is 3.72. The largest absolute Gasteiger partial charge is 0.341 e. The van der Waals surface area contributed by atoms with Gasteiger partial charge in [0.2, 0.25) is 17.7 Å². The van der Waals surface area contributed by atoms with Crippen LogP contribution in [-0.2, 0) is 16.0 Å². The number of aromatic nitrogens is 3. The first-order chi connectivity index (χ1) is 12.6. The number of carbonyl (C=O) groups is 2. The van der Waals surface area contributed by atoms with Gasteiger partial charge in [0.05, 0.1) is 17.3 Å². The summed E-state index contributed by atoms with van der Waals surface area (Å²) in [5.41, 5.74) is 0.327. The van der Waals surface area contributed by atoms with Gasteiger partial charge in [0.15, 0.2) is 5.82 Å². The third-order valence-corrected chi connectivity index (χ3v) is 5.27. The number of anilines is 1. The van der Waals surface area contributed by atoms with Gasteiger partial charge in [-0.1, -0.05) is 5.16 Å². The molecule has 0 N–H and O–H groups in total. The van der Waals surface area contributed by atoms with Crippen LogP contribution in [0.3, 0.4) is 0 Å². The number of likely N-dealkylation sites (tertiary alicyclic amines) is 1. The van der Waals surface area contributed by atoms with Crippen LogP contribution >= 0.6 is 0 Å². The molecule has 1 spiro atoms.